The van der Waals surface area contributed by atoms with Crippen LogP contribution in [0.4, 0.5) is 10.5 Å². The molecule has 0 saturated heterocycles. The molecule has 1 saturated carbocycles. The maximum Gasteiger partial charge on any atom is 0.412 e. The molecule has 0 unspecified atom stereocenters. The van der Waals surface area contributed by atoms with Crippen LogP contribution in [0.1, 0.15) is 58.7 Å². The molecule has 7 heteroatoms. The van der Waals surface area contributed by atoms with Crippen LogP contribution in [0.5, 0.6) is 0 Å². The summed E-state index contributed by atoms with van der Waals surface area (Å²) in [6.45, 7) is 11.9. The molecule has 4 rings (SSSR count). The van der Waals surface area contributed by atoms with Crippen LogP contribution in [0, 0.1) is 12.3 Å². The summed E-state index contributed by atoms with van der Waals surface area (Å²) in [7, 11) is 0. The molecule has 7 nitrogen and oxygen atoms in total. The minimum absolute atomic E-state index is 0.134. The smallest absolute Gasteiger partial charge is 0.412 e. The van der Waals surface area contributed by atoms with Gasteiger partial charge >= 0.3 is 12.1 Å². The van der Waals surface area contributed by atoms with Crippen LogP contribution in [0.3, 0.4) is 0 Å². The number of hydrogen-bond donors (Lipinski definition) is 1. The summed E-state index contributed by atoms with van der Waals surface area (Å²) in [5.74, 6) is 0.338. The SMILES string of the molecule is CCOC(=O)C1(c2ccc(-c3ccc(-c4onc(C)c4NC(=O)O[C@H](C)C(C)(C)C)cc3)cc2)CC1. The fourth-order valence-electron chi connectivity index (χ4n) is 3.98. The molecule has 190 valence electrons. The summed E-state index contributed by atoms with van der Waals surface area (Å²) in [4.78, 5) is 24.9. The van der Waals surface area contributed by atoms with E-state index in [2.05, 4.69) is 10.5 Å². The van der Waals surface area contributed by atoms with Crippen LogP contribution in [0.25, 0.3) is 22.5 Å². The van der Waals surface area contributed by atoms with Crippen molar-refractivity contribution in [3.8, 4) is 22.5 Å². The Morgan fingerprint density at radius 2 is 1.58 bits per heavy atom. The number of nitrogens with one attached hydrogen (secondary N) is 1. The Morgan fingerprint density at radius 3 is 2.11 bits per heavy atom. The van der Waals surface area contributed by atoms with E-state index in [0.717, 1.165) is 35.1 Å². The molecule has 1 heterocycles. The molecule has 1 aliphatic carbocycles. The molecule has 0 radical (unpaired) electrons. The second kappa shape index (κ2) is 9.80. The lowest BCUT2D eigenvalue weighted by atomic mass is 9.90. The zero-order chi connectivity index (χ0) is 26.1. The molecule has 0 bridgehead atoms. The van der Waals surface area contributed by atoms with Gasteiger partial charge in [0.15, 0.2) is 5.76 Å². The van der Waals surface area contributed by atoms with E-state index in [1.54, 1.807) is 6.92 Å². The van der Waals surface area contributed by atoms with Crippen LogP contribution in [0.2, 0.25) is 0 Å². The Hall–Kier alpha value is -3.61. The van der Waals surface area contributed by atoms with Crippen LogP contribution < -0.4 is 5.32 Å². The number of nitrogens with zero attached hydrogens (tertiary/aromatic N) is 1. The third kappa shape index (κ3) is 5.15. The van der Waals surface area contributed by atoms with Crippen LogP contribution in [-0.4, -0.2) is 29.9 Å². The van der Waals surface area contributed by atoms with E-state index < -0.39 is 11.5 Å². The van der Waals surface area contributed by atoms with Crippen molar-refractivity contribution in [3.05, 3.63) is 59.8 Å². The second-order valence-corrected chi connectivity index (χ2v) is 10.5. The molecule has 1 fully saturated rings. The minimum atomic E-state index is -0.544. The summed E-state index contributed by atoms with van der Waals surface area (Å²) in [6.07, 6.45) is 0.849. The fourth-order valence-corrected chi connectivity index (χ4v) is 3.98. The third-order valence-corrected chi connectivity index (χ3v) is 6.93. The van der Waals surface area contributed by atoms with Gasteiger partial charge in [-0.15, -0.1) is 0 Å². The van der Waals surface area contributed by atoms with E-state index in [9.17, 15) is 9.59 Å². The summed E-state index contributed by atoms with van der Waals surface area (Å²) in [5, 5.41) is 6.83. The average Bonchev–Trinajstić information content (AvgIpc) is 3.58. The van der Waals surface area contributed by atoms with Crippen molar-refractivity contribution in [2.24, 2.45) is 5.41 Å². The standard InChI is InChI=1S/C29H34N2O5/c1-7-34-26(32)29(16-17-29)23-14-12-21(13-15-23)20-8-10-22(11-9-20)25-24(18(2)31-36-25)30-27(33)35-19(3)28(4,5)6/h8-15,19H,7,16-17H2,1-6H3,(H,30,33)/t19-/m1/s1. The van der Waals surface area contributed by atoms with Gasteiger partial charge in [0.1, 0.15) is 17.5 Å². The Balaban J connectivity index is 1.49. The Kier molecular flexibility index (Phi) is 6.94. The Morgan fingerprint density at radius 1 is 1.03 bits per heavy atom. The van der Waals surface area contributed by atoms with Crippen LogP contribution >= 0.6 is 0 Å². The number of esters is 1. The zero-order valence-electron chi connectivity index (χ0n) is 21.8. The van der Waals surface area contributed by atoms with Crippen LogP contribution in [0.15, 0.2) is 53.1 Å². The fraction of sp³-hybridized carbons (Fsp3) is 0.414. The quantitative estimate of drug-likeness (QED) is 0.363. The number of carbonyl (C=O) groups is 2. The highest BCUT2D eigenvalue weighted by Crippen LogP contribution is 2.49. The minimum Gasteiger partial charge on any atom is -0.465 e. The maximum absolute atomic E-state index is 12.5. The summed E-state index contributed by atoms with van der Waals surface area (Å²) < 4.78 is 16.3. The summed E-state index contributed by atoms with van der Waals surface area (Å²) in [5.41, 5.74) is 4.27. The number of carbonyl (C=O) groups excluding carboxylic acids is 2. The van der Waals surface area contributed by atoms with E-state index in [1.165, 1.54) is 0 Å². The van der Waals surface area contributed by atoms with Crippen molar-refractivity contribution >= 4 is 17.7 Å². The van der Waals surface area contributed by atoms with E-state index in [4.69, 9.17) is 14.0 Å². The highest BCUT2D eigenvalue weighted by Gasteiger charge is 2.52. The molecule has 3 aromatic rings. The Bertz CT molecular complexity index is 1230. The van der Waals surface area contributed by atoms with Gasteiger partial charge in [0.2, 0.25) is 0 Å². The molecule has 1 N–H and O–H groups in total. The van der Waals surface area contributed by atoms with Gasteiger partial charge in [0, 0.05) is 5.56 Å². The molecule has 1 amide bonds. The first-order chi connectivity index (χ1) is 17.0. The molecule has 0 spiro atoms. The highest BCUT2D eigenvalue weighted by atomic mass is 16.6. The number of amides is 1. The number of rotatable bonds is 7. The number of aryl methyl sites for hydroxylation is 1. The summed E-state index contributed by atoms with van der Waals surface area (Å²) >= 11 is 0. The molecular weight excluding hydrogens is 456 g/mol. The van der Waals surface area contributed by atoms with Crippen molar-refractivity contribution < 1.29 is 23.6 Å². The predicted octanol–water partition coefficient (Wildman–Crippen LogP) is 6.89. The van der Waals surface area contributed by atoms with Gasteiger partial charge in [0.05, 0.1) is 12.0 Å². The van der Waals surface area contributed by atoms with Gasteiger partial charge in [-0.05, 0) is 55.7 Å². The van der Waals surface area contributed by atoms with Crippen molar-refractivity contribution in [2.45, 2.75) is 65.9 Å². The first kappa shape index (κ1) is 25.5. The first-order valence-electron chi connectivity index (χ1n) is 12.4. The lowest BCUT2D eigenvalue weighted by Gasteiger charge is -2.26. The van der Waals surface area contributed by atoms with Gasteiger partial charge in [-0.3, -0.25) is 10.1 Å². The van der Waals surface area contributed by atoms with Gasteiger partial charge in [-0.25, -0.2) is 4.79 Å². The molecular formula is C29H34N2O5. The van der Waals surface area contributed by atoms with Crippen molar-refractivity contribution in [3.63, 3.8) is 0 Å². The third-order valence-electron chi connectivity index (χ3n) is 6.93. The maximum atomic E-state index is 12.5. The van der Waals surface area contributed by atoms with E-state index in [0.29, 0.717) is 23.7 Å². The van der Waals surface area contributed by atoms with Crippen molar-refractivity contribution in [2.75, 3.05) is 11.9 Å². The Labute approximate surface area is 212 Å². The van der Waals surface area contributed by atoms with Crippen LogP contribution in [-0.2, 0) is 19.7 Å². The lowest BCUT2D eigenvalue weighted by molar-refractivity contribution is -0.146. The molecule has 36 heavy (non-hydrogen) atoms. The summed E-state index contributed by atoms with van der Waals surface area (Å²) in [6, 6.07) is 15.9. The number of ether oxygens (including phenoxy) is 2. The largest absolute Gasteiger partial charge is 0.465 e. The molecule has 2 aromatic carbocycles. The number of hydrogen-bond acceptors (Lipinski definition) is 6. The van der Waals surface area contributed by atoms with Crippen molar-refractivity contribution in [1.82, 2.24) is 5.16 Å². The van der Waals surface area contributed by atoms with Gasteiger partial charge < -0.3 is 14.0 Å². The van der Waals surface area contributed by atoms with Crippen molar-refractivity contribution in [1.29, 1.82) is 0 Å². The number of aromatic nitrogens is 1. The zero-order valence-corrected chi connectivity index (χ0v) is 21.8. The van der Waals surface area contributed by atoms with Gasteiger partial charge in [-0.2, -0.15) is 0 Å². The molecule has 1 aromatic heterocycles. The van der Waals surface area contributed by atoms with Gasteiger partial charge in [0.25, 0.3) is 0 Å². The molecule has 0 aliphatic heterocycles. The van der Waals surface area contributed by atoms with E-state index in [-0.39, 0.29) is 17.5 Å². The lowest BCUT2D eigenvalue weighted by Crippen LogP contribution is -2.30. The predicted molar refractivity (Wildman–Crippen MR) is 139 cm³/mol. The topological polar surface area (TPSA) is 90.7 Å². The van der Waals surface area contributed by atoms with Gasteiger partial charge in [-0.1, -0.05) is 74.5 Å². The normalized spacial score (nSPS) is 15.2. The number of benzene rings is 2. The first-order valence-corrected chi connectivity index (χ1v) is 12.4. The molecule has 1 aliphatic rings. The van der Waals surface area contributed by atoms with E-state index in [1.807, 2.05) is 83.1 Å². The number of anilines is 1. The van der Waals surface area contributed by atoms with E-state index >= 15 is 0 Å². The molecule has 1 atom stereocenters. The average molecular weight is 491 g/mol. The second-order valence-electron chi connectivity index (χ2n) is 10.5. The monoisotopic (exact) mass is 490 g/mol. The highest BCUT2D eigenvalue weighted by molar-refractivity contribution is 5.91.